The van der Waals surface area contributed by atoms with Gasteiger partial charge in [0, 0.05) is 31.4 Å². The van der Waals surface area contributed by atoms with E-state index in [1.165, 1.54) is 35.4 Å². The molecule has 2 aromatic rings. The lowest BCUT2D eigenvalue weighted by molar-refractivity contribution is 0.481. The zero-order chi connectivity index (χ0) is 19.8. The highest BCUT2D eigenvalue weighted by atomic mass is 19.1. The third-order valence-corrected chi connectivity index (χ3v) is 4.82. The summed E-state index contributed by atoms with van der Waals surface area (Å²) in [6.07, 6.45) is 3.34. The lowest BCUT2D eigenvalue weighted by Gasteiger charge is -2.34. The summed E-state index contributed by atoms with van der Waals surface area (Å²) >= 11 is 0. The second kappa shape index (κ2) is 10.4. The van der Waals surface area contributed by atoms with E-state index in [9.17, 15) is 8.78 Å². The summed E-state index contributed by atoms with van der Waals surface area (Å²) in [7, 11) is 2.18. The minimum Gasteiger partial charge on any atom is -0.374 e. The van der Waals surface area contributed by atoms with Gasteiger partial charge in [0.05, 0.1) is 0 Å². The molecule has 3 rings (SSSR count). The minimum absolute atomic E-state index is 0.495. The van der Waals surface area contributed by atoms with E-state index in [-0.39, 0.29) is 0 Å². The molecular weight excluding hydrogens is 344 g/mol. The van der Waals surface area contributed by atoms with Crippen molar-refractivity contribution in [2.75, 3.05) is 31.6 Å². The fourth-order valence-corrected chi connectivity index (χ4v) is 3.33. The van der Waals surface area contributed by atoms with Crippen LogP contribution in [0, 0.1) is 18.6 Å². The highest BCUT2D eigenvalue weighted by Crippen LogP contribution is 2.33. The molecule has 0 aromatic heterocycles. The summed E-state index contributed by atoms with van der Waals surface area (Å²) in [6, 6.07) is 10.8. The van der Waals surface area contributed by atoms with Crippen LogP contribution < -0.4 is 16.0 Å². The number of benzene rings is 2. The van der Waals surface area contributed by atoms with E-state index in [2.05, 4.69) is 42.4 Å². The molecule has 0 fully saturated rings. The molecule has 5 heteroatoms. The Bertz CT molecular complexity index is 683. The van der Waals surface area contributed by atoms with Crippen LogP contribution in [0.2, 0.25) is 0 Å². The lowest BCUT2D eigenvalue weighted by atomic mass is 9.94. The van der Waals surface area contributed by atoms with E-state index in [1.807, 2.05) is 0 Å². The molecular formula is C22H31F2N3. The summed E-state index contributed by atoms with van der Waals surface area (Å²) in [4.78, 5) is 2.36. The summed E-state index contributed by atoms with van der Waals surface area (Å²) < 4.78 is 24.4. The molecule has 0 radical (unpaired) electrons. The number of fused-ring (bicyclic) bond motifs is 1. The van der Waals surface area contributed by atoms with Gasteiger partial charge in [-0.3, -0.25) is 0 Å². The van der Waals surface area contributed by atoms with Crippen LogP contribution in [0.5, 0.6) is 0 Å². The Hall–Kier alpha value is -1.98. The van der Waals surface area contributed by atoms with E-state index in [4.69, 9.17) is 5.73 Å². The molecule has 1 aliphatic rings. The monoisotopic (exact) mass is 375 g/mol. The van der Waals surface area contributed by atoms with Gasteiger partial charge in [-0.25, -0.2) is 8.78 Å². The second-order valence-electron chi connectivity index (χ2n) is 7.05. The zero-order valence-corrected chi connectivity index (χ0v) is 16.6. The van der Waals surface area contributed by atoms with E-state index >= 15 is 0 Å². The van der Waals surface area contributed by atoms with Gasteiger partial charge in [-0.15, -0.1) is 0 Å². The maximum absolute atomic E-state index is 12.2. The van der Waals surface area contributed by atoms with Gasteiger partial charge in [0.25, 0.3) is 0 Å². The number of halogens is 2. The maximum Gasteiger partial charge on any atom is 0.126 e. The Kier molecular flexibility index (Phi) is 8.20. The Morgan fingerprint density at radius 3 is 2.44 bits per heavy atom. The number of nitrogens with zero attached hydrogens (tertiary/aromatic N) is 1. The van der Waals surface area contributed by atoms with Crippen molar-refractivity contribution in [1.82, 2.24) is 5.32 Å². The number of hydrogen-bond donors (Lipinski definition) is 2. The van der Waals surface area contributed by atoms with Crippen LogP contribution in [0.15, 0.2) is 36.4 Å². The third-order valence-electron chi connectivity index (χ3n) is 4.82. The minimum atomic E-state index is -0.521. The number of nitrogens with one attached hydrogen (secondary N) is 1. The van der Waals surface area contributed by atoms with Gasteiger partial charge in [-0.1, -0.05) is 19.1 Å². The number of anilines is 1. The fourth-order valence-electron chi connectivity index (χ4n) is 3.33. The number of rotatable bonds is 5. The number of nitrogens with two attached hydrogens (primary N) is 1. The molecule has 1 heterocycles. The Morgan fingerprint density at radius 1 is 1.15 bits per heavy atom. The maximum atomic E-state index is 12.2. The molecule has 148 valence electrons. The molecule has 27 heavy (non-hydrogen) atoms. The smallest absolute Gasteiger partial charge is 0.126 e. The predicted octanol–water partition coefficient (Wildman–Crippen LogP) is 4.34. The van der Waals surface area contributed by atoms with Crippen molar-refractivity contribution in [3.63, 3.8) is 0 Å². The highest BCUT2D eigenvalue weighted by Gasteiger charge is 2.22. The van der Waals surface area contributed by atoms with Gasteiger partial charge in [0.1, 0.15) is 11.6 Å². The first kappa shape index (κ1) is 21.3. The van der Waals surface area contributed by atoms with Crippen molar-refractivity contribution in [1.29, 1.82) is 0 Å². The molecule has 0 bridgehead atoms. The third kappa shape index (κ3) is 6.29. The van der Waals surface area contributed by atoms with Gasteiger partial charge < -0.3 is 16.0 Å². The first-order valence-electron chi connectivity index (χ1n) is 9.64. The molecule has 2 aromatic carbocycles. The first-order valence-corrected chi connectivity index (χ1v) is 9.64. The van der Waals surface area contributed by atoms with E-state index in [0.717, 1.165) is 38.5 Å². The van der Waals surface area contributed by atoms with Crippen LogP contribution in [-0.4, -0.2) is 26.7 Å². The molecule has 1 unspecified atom stereocenters. The van der Waals surface area contributed by atoms with Crippen molar-refractivity contribution < 1.29 is 8.78 Å². The van der Waals surface area contributed by atoms with Crippen LogP contribution in [-0.2, 0) is 6.42 Å². The fraction of sp³-hybridized carbons (Fsp3) is 0.455. The summed E-state index contributed by atoms with van der Waals surface area (Å²) in [5.74, 6) is -1.04. The second-order valence-corrected chi connectivity index (χ2v) is 7.05. The SMILES string of the molecule is CCc1ccc2c(c1)C(NCCCN)CCN2C.Cc1cc(F)cc(F)c1. The molecule has 1 aliphatic heterocycles. The van der Waals surface area contributed by atoms with Gasteiger partial charge in [0.15, 0.2) is 0 Å². The molecule has 0 saturated carbocycles. The first-order chi connectivity index (χ1) is 12.9. The van der Waals surface area contributed by atoms with Crippen LogP contribution in [0.3, 0.4) is 0 Å². The zero-order valence-electron chi connectivity index (χ0n) is 16.6. The van der Waals surface area contributed by atoms with E-state index in [1.54, 1.807) is 6.92 Å². The van der Waals surface area contributed by atoms with Crippen molar-refractivity contribution in [3.8, 4) is 0 Å². The average molecular weight is 376 g/mol. The van der Waals surface area contributed by atoms with Crippen molar-refractivity contribution in [2.24, 2.45) is 5.73 Å². The van der Waals surface area contributed by atoms with Crippen LogP contribution in [0.1, 0.15) is 42.5 Å². The average Bonchev–Trinajstić information content (AvgIpc) is 2.63. The van der Waals surface area contributed by atoms with E-state index in [0.29, 0.717) is 11.6 Å². The Balaban J connectivity index is 0.000000244. The van der Waals surface area contributed by atoms with E-state index < -0.39 is 11.6 Å². The van der Waals surface area contributed by atoms with Crippen LogP contribution in [0.25, 0.3) is 0 Å². The van der Waals surface area contributed by atoms with Gasteiger partial charge in [-0.05, 0) is 74.2 Å². The van der Waals surface area contributed by atoms with Crippen LogP contribution >= 0.6 is 0 Å². The Morgan fingerprint density at radius 2 is 1.85 bits per heavy atom. The quantitative estimate of drug-likeness (QED) is 0.764. The molecule has 0 aliphatic carbocycles. The summed E-state index contributed by atoms with van der Waals surface area (Å²) in [5, 5.41) is 3.64. The predicted molar refractivity (Wildman–Crippen MR) is 109 cm³/mol. The topological polar surface area (TPSA) is 41.3 Å². The molecule has 0 spiro atoms. The highest BCUT2D eigenvalue weighted by molar-refractivity contribution is 5.57. The van der Waals surface area contributed by atoms with Gasteiger partial charge in [0.2, 0.25) is 0 Å². The summed E-state index contributed by atoms with van der Waals surface area (Å²) in [5.41, 5.74) is 10.4. The van der Waals surface area contributed by atoms with Gasteiger partial charge in [-0.2, -0.15) is 0 Å². The van der Waals surface area contributed by atoms with Crippen molar-refractivity contribution in [2.45, 2.75) is 39.2 Å². The number of aryl methyl sites for hydroxylation is 2. The Labute approximate surface area is 161 Å². The standard InChI is InChI=1S/C15H25N3.C7H6F2/c1-3-12-5-6-15-13(11-12)14(7-10-18(15)2)17-9-4-8-16;1-5-2-6(8)4-7(9)3-5/h5-6,11,14,17H,3-4,7-10,16H2,1-2H3;2-4H,1H3. The molecule has 1 atom stereocenters. The summed E-state index contributed by atoms with van der Waals surface area (Å²) in [6.45, 7) is 6.76. The normalized spacial score (nSPS) is 15.8. The van der Waals surface area contributed by atoms with Crippen molar-refractivity contribution in [3.05, 3.63) is 64.7 Å². The lowest BCUT2D eigenvalue weighted by Crippen LogP contribution is -2.34. The van der Waals surface area contributed by atoms with Crippen LogP contribution in [0.4, 0.5) is 14.5 Å². The largest absolute Gasteiger partial charge is 0.374 e. The molecule has 3 nitrogen and oxygen atoms in total. The molecule has 0 saturated heterocycles. The molecule has 0 amide bonds. The number of hydrogen-bond acceptors (Lipinski definition) is 3. The van der Waals surface area contributed by atoms with Gasteiger partial charge >= 0.3 is 0 Å². The van der Waals surface area contributed by atoms with Crippen molar-refractivity contribution >= 4 is 5.69 Å². The molecule has 3 N–H and O–H groups in total.